The molecule has 86 valence electrons. The van der Waals surface area contributed by atoms with Crippen molar-refractivity contribution in [1.82, 2.24) is 0 Å². The van der Waals surface area contributed by atoms with Crippen molar-refractivity contribution in [3.63, 3.8) is 0 Å². The highest BCUT2D eigenvalue weighted by molar-refractivity contribution is 6.63. The molecular formula is C11H17BN2O2. The third-order valence-electron chi connectivity index (χ3n) is 2.62. The summed E-state index contributed by atoms with van der Waals surface area (Å²) in [5, 5.41) is 0. The van der Waals surface area contributed by atoms with Crippen molar-refractivity contribution in [3.8, 4) is 0 Å². The molecule has 4 N–H and O–H groups in total. The molecule has 0 bridgehead atoms. The van der Waals surface area contributed by atoms with Crippen LogP contribution in [0.4, 0.5) is 11.4 Å². The minimum Gasteiger partial charge on any atom is -0.407 e. The zero-order chi connectivity index (χ0) is 11.8. The van der Waals surface area contributed by atoms with Gasteiger partial charge in [-0.05, 0) is 12.1 Å². The van der Waals surface area contributed by atoms with E-state index in [0.717, 1.165) is 5.46 Å². The highest BCUT2D eigenvalue weighted by Crippen LogP contribution is 2.22. The molecule has 1 aromatic rings. The SMILES string of the molecule is CC1(C)COB(c2ccc(N)cc2N)OC1. The molecule has 0 radical (unpaired) electrons. The van der Waals surface area contributed by atoms with Gasteiger partial charge in [-0.2, -0.15) is 0 Å². The molecule has 0 aliphatic carbocycles. The van der Waals surface area contributed by atoms with Crippen molar-refractivity contribution < 1.29 is 9.31 Å². The van der Waals surface area contributed by atoms with Gasteiger partial charge in [-0.15, -0.1) is 0 Å². The number of rotatable bonds is 1. The lowest BCUT2D eigenvalue weighted by atomic mass is 9.75. The van der Waals surface area contributed by atoms with Gasteiger partial charge in [0, 0.05) is 35.5 Å². The van der Waals surface area contributed by atoms with Crippen molar-refractivity contribution in [2.45, 2.75) is 13.8 Å². The first-order valence-electron chi connectivity index (χ1n) is 5.36. The Morgan fingerprint density at radius 3 is 2.38 bits per heavy atom. The van der Waals surface area contributed by atoms with Crippen LogP contribution in [0.3, 0.4) is 0 Å². The van der Waals surface area contributed by atoms with Crippen molar-refractivity contribution in [2.24, 2.45) is 5.41 Å². The molecule has 16 heavy (non-hydrogen) atoms. The molecule has 1 aliphatic heterocycles. The fourth-order valence-electron chi connectivity index (χ4n) is 1.68. The quantitative estimate of drug-likeness (QED) is 0.537. The van der Waals surface area contributed by atoms with E-state index in [9.17, 15) is 0 Å². The summed E-state index contributed by atoms with van der Waals surface area (Å²) in [4.78, 5) is 0. The first-order valence-corrected chi connectivity index (χ1v) is 5.36. The van der Waals surface area contributed by atoms with Crippen LogP contribution >= 0.6 is 0 Å². The molecule has 1 saturated heterocycles. The van der Waals surface area contributed by atoms with E-state index in [0.29, 0.717) is 24.6 Å². The number of nitrogen functional groups attached to an aromatic ring is 2. The maximum Gasteiger partial charge on any atom is 0.496 e. The predicted molar refractivity (Wildman–Crippen MR) is 66.3 cm³/mol. The van der Waals surface area contributed by atoms with E-state index in [2.05, 4.69) is 13.8 Å². The lowest BCUT2D eigenvalue weighted by Crippen LogP contribution is -2.48. The van der Waals surface area contributed by atoms with Crippen molar-refractivity contribution >= 4 is 24.0 Å². The molecule has 1 aromatic carbocycles. The van der Waals surface area contributed by atoms with Crippen LogP contribution in [0.2, 0.25) is 0 Å². The van der Waals surface area contributed by atoms with E-state index in [-0.39, 0.29) is 12.5 Å². The minimum absolute atomic E-state index is 0.0685. The van der Waals surface area contributed by atoms with Gasteiger partial charge in [-0.25, -0.2) is 0 Å². The summed E-state index contributed by atoms with van der Waals surface area (Å²) in [6.45, 7) is 5.55. The van der Waals surface area contributed by atoms with Crippen LogP contribution in [-0.4, -0.2) is 20.3 Å². The van der Waals surface area contributed by atoms with Gasteiger partial charge in [0.2, 0.25) is 0 Å². The Bertz CT molecular complexity index is 386. The van der Waals surface area contributed by atoms with E-state index in [4.69, 9.17) is 20.8 Å². The van der Waals surface area contributed by atoms with Crippen LogP contribution in [0.25, 0.3) is 0 Å². The standard InChI is InChI=1S/C11H17BN2O2/c1-11(2)6-15-12(16-7-11)9-4-3-8(13)5-10(9)14/h3-5H,6-7,13-14H2,1-2H3. The summed E-state index contributed by atoms with van der Waals surface area (Å²) < 4.78 is 11.3. The second kappa shape index (κ2) is 3.99. The predicted octanol–water partition coefficient (Wildman–Crippen LogP) is 0.619. The minimum atomic E-state index is -0.367. The van der Waals surface area contributed by atoms with Crippen LogP contribution < -0.4 is 16.9 Å². The topological polar surface area (TPSA) is 70.5 Å². The van der Waals surface area contributed by atoms with Crippen LogP contribution in [-0.2, 0) is 9.31 Å². The molecule has 1 fully saturated rings. The number of hydrogen-bond donors (Lipinski definition) is 2. The van der Waals surface area contributed by atoms with Crippen molar-refractivity contribution in [1.29, 1.82) is 0 Å². The van der Waals surface area contributed by atoms with E-state index in [1.54, 1.807) is 12.1 Å². The van der Waals surface area contributed by atoms with Crippen LogP contribution in [0.1, 0.15) is 13.8 Å². The van der Waals surface area contributed by atoms with Crippen molar-refractivity contribution in [3.05, 3.63) is 18.2 Å². The lowest BCUT2D eigenvalue weighted by Gasteiger charge is -2.33. The zero-order valence-electron chi connectivity index (χ0n) is 9.69. The van der Waals surface area contributed by atoms with Gasteiger partial charge in [-0.1, -0.05) is 19.9 Å². The van der Waals surface area contributed by atoms with Gasteiger partial charge in [0.25, 0.3) is 0 Å². The van der Waals surface area contributed by atoms with E-state index >= 15 is 0 Å². The average Bonchev–Trinajstić information content (AvgIpc) is 2.19. The first-order chi connectivity index (χ1) is 7.48. The molecule has 2 rings (SSSR count). The fourth-order valence-corrected chi connectivity index (χ4v) is 1.68. The number of benzene rings is 1. The molecule has 1 aliphatic rings. The summed E-state index contributed by atoms with van der Waals surface area (Å²) in [5.74, 6) is 0. The van der Waals surface area contributed by atoms with E-state index in [1.807, 2.05) is 6.07 Å². The zero-order valence-corrected chi connectivity index (χ0v) is 9.69. The second-order valence-corrected chi connectivity index (χ2v) is 5.01. The van der Waals surface area contributed by atoms with Crippen LogP contribution in [0, 0.1) is 5.41 Å². The summed E-state index contributed by atoms with van der Waals surface area (Å²) in [5.41, 5.74) is 13.7. The molecule has 0 aromatic heterocycles. The fraction of sp³-hybridized carbons (Fsp3) is 0.455. The maximum absolute atomic E-state index is 5.88. The van der Waals surface area contributed by atoms with Gasteiger partial charge in [0.05, 0.1) is 0 Å². The Balaban J connectivity index is 2.14. The molecule has 0 saturated carbocycles. The summed E-state index contributed by atoms with van der Waals surface area (Å²) in [6.07, 6.45) is 0. The Kier molecular flexibility index (Phi) is 2.82. The third-order valence-corrected chi connectivity index (χ3v) is 2.62. The molecule has 0 spiro atoms. The number of hydrogen-bond acceptors (Lipinski definition) is 4. The Morgan fingerprint density at radius 1 is 1.19 bits per heavy atom. The Labute approximate surface area is 96.0 Å². The smallest absolute Gasteiger partial charge is 0.407 e. The van der Waals surface area contributed by atoms with Gasteiger partial charge in [0.15, 0.2) is 0 Å². The van der Waals surface area contributed by atoms with E-state index in [1.165, 1.54) is 0 Å². The molecule has 0 unspecified atom stereocenters. The monoisotopic (exact) mass is 220 g/mol. The van der Waals surface area contributed by atoms with Crippen molar-refractivity contribution in [2.75, 3.05) is 24.7 Å². The first kappa shape index (κ1) is 11.3. The molecule has 4 nitrogen and oxygen atoms in total. The van der Waals surface area contributed by atoms with E-state index < -0.39 is 0 Å². The molecular weight excluding hydrogens is 203 g/mol. The summed E-state index contributed by atoms with van der Waals surface area (Å²) in [7, 11) is -0.367. The molecule has 1 heterocycles. The maximum atomic E-state index is 5.88. The highest BCUT2D eigenvalue weighted by Gasteiger charge is 2.34. The van der Waals surface area contributed by atoms with Crippen LogP contribution in [0.15, 0.2) is 18.2 Å². The Hall–Kier alpha value is -1.20. The second-order valence-electron chi connectivity index (χ2n) is 5.01. The molecule has 0 amide bonds. The number of nitrogens with two attached hydrogens (primary N) is 2. The average molecular weight is 220 g/mol. The highest BCUT2D eigenvalue weighted by atomic mass is 16.6. The van der Waals surface area contributed by atoms with Gasteiger partial charge < -0.3 is 20.8 Å². The molecule has 0 atom stereocenters. The normalized spacial score (nSPS) is 19.8. The molecule has 5 heteroatoms. The van der Waals surface area contributed by atoms with Crippen LogP contribution in [0.5, 0.6) is 0 Å². The van der Waals surface area contributed by atoms with Gasteiger partial charge in [0.1, 0.15) is 0 Å². The summed E-state index contributed by atoms with van der Waals surface area (Å²) >= 11 is 0. The largest absolute Gasteiger partial charge is 0.496 e. The van der Waals surface area contributed by atoms with Gasteiger partial charge in [-0.3, -0.25) is 0 Å². The Morgan fingerprint density at radius 2 is 1.81 bits per heavy atom. The van der Waals surface area contributed by atoms with Gasteiger partial charge >= 0.3 is 7.12 Å². The number of anilines is 2. The lowest BCUT2D eigenvalue weighted by molar-refractivity contribution is 0.0344. The summed E-state index contributed by atoms with van der Waals surface area (Å²) in [6, 6.07) is 5.38. The third kappa shape index (κ3) is 2.31.